The van der Waals surface area contributed by atoms with Crippen molar-refractivity contribution in [2.24, 2.45) is 0 Å². The third-order valence-electron chi connectivity index (χ3n) is 7.17. The van der Waals surface area contributed by atoms with Crippen LogP contribution in [0.3, 0.4) is 0 Å². The standard InChI is InChI=1S/C30H26FN5O4S/c1-3-22-23(9-11-26(27(22)31)41(2,38)39)30(37)36-12-13-40-25-10-8-20(14-21(25)16-36)18-4-6-19(7-5-18)28-34-24-15-32-17-33-29(24)35-28/h4-11,14-15,17H,3,12-13,16H2,1-2H3,(H,32,33,34,35). The molecule has 3 heterocycles. The Hall–Kier alpha value is -4.64. The number of imidazole rings is 1. The summed E-state index contributed by atoms with van der Waals surface area (Å²) in [5.74, 6) is 0.138. The molecule has 1 aliphatic rings. The molecular formula is C30H26FN5O4S. The molecule has 0 saturated heterocycles. The van der Waals surface area contributed by atoms with Gasteiger partial charge in [-0.2, -0.15) is 0 Å². The fourth-order valence-electron chi connectivity index (χ4n) is 5.07. The van der Waals surface area contributed by atoms with Crippen molar-refractivity contribution in [2.75, 3.05) is 19.4 Å². The van der Waals surface area contributed by atoms with E-state index < -0.39 is 20.5 Å². The number of H-pyrrole nitrogens is 1. The highest BCUT2D eigenvalue weighted by atomic mass is 32.2. The van der Waals surface area contributed by atoms with Gasteiger partial charge in [0.15, 0.2) is 15.5 Å². The molecule has 5 aromatic rings. The first kappa shape index (κ1) is 26.6. The minimum atomic E-state index is -3.77. The van der Waals surface area contributed by atoms with Crippen LogP contribution in [0.25, 0.3) is 33.7 Å². The third-order valence-corrected chi connectivity index (χ3v) is 8.29. The maximum Gasteiger partial charge on any atom is 0.254 e. The van der Waals surface area contributed by atoms with Gasteiger partial charge in [0.2, 0.25) is 0 Å². The molecule has 9 nitrogen and oxygen atoms in total. The predicted octanol–water partition coefficient (Wildman–Crippen LogP) is 4.83. The number of aromatic nitrogens is 4. The van der Waals surface area contributed by atoms with Crippen LogP contribution >= 0.6 is 0 Å². The molecule has 6 rings (SSSR count). The fourth-order valence-corrected chi connectivity index (χ4v) is 5.83. The molecule has 0 fully saturated rings. The summed E-state index contributed by atoms with van der Waals surface area (Å²) < 4.78 is 45.1. The van der Waals surface area contributed by atoms with Crippen molar-refractivity contribution in [3.8, 4) is 28.3 Å². The zero-order valence-electron chi connectivity index (χ0n) is 22.4. The normalized spacial score (nSPS) is 13.5. The Morgan fingerprint density at radius 2 is 1.83 bits per heavy atom. The van der Waals surface area contributed by atoms with E-state index in [4.69, 9.17) is 4.74 Å². The van der Waals surface area contributed by atoms with Crippen LogP contribution in [0, 0.1) is 5.82 Å². The van der Waals surface area contributed by atoms with Crippen LogP contribution in [-0.4, -0.2) is 58.6 Å². The number of rotatable bonds is 5. The van der Waals surface area contributed by atoms with Crippen molar-refractivity contribution in [1.82, 2.24) is 24.8 Å². The summed E-state index contributed by atoms with van der Waals surface area (Å²) in [6, 6.07) is 16.4. The van der Waals surface area contributed by atoms with Gasteiger partial charge in [-0.25, -0.2) is 27.8 Å². The number of benzene rings is 3. The quantitative estimate of drug-likeness (QED) is 0.321. The molecule has 1 aliphatic heterocycles. The van der Waals surface area contributed by atoms with E-state index in [1.54, 1.807) is 18.0 Å². The number of carbonyl (C=O) groups excluding carboxylic acids is 1. The number of hydrogen-bond acceptors (Lipinski definition) is 7. The van der Waals surface area contributed by atoms with Gasteiger partial charge in [-0.3, -0.25) is 4.79 Å². The molecule has 0 radical (unpaired) electrons. The van der Waals surface area contributed by atoms with Crippen molar-refractivity contribution in [1.29, 1.82) is 0 Å². The summed E-state index contributed by atoms with van der Waals surface area (Å²) in [6.45, 7) is 2.54. The van der Waals surface area contributed by atoms with Crippen molar-refractivity contribution < 1.29 is 22.3 Å². The van der Waals surface area contributed by atoms with E-state index in [0.717, 1.165) is 28.5 Å². The molecule has 208 valence electrons. The molecule has 1 amide bonds. The van der Waals surface area contributed by atoms with Crippen LogP contribution in [0.1, 0.15) is 28.4 Å². The van der Waals surface area contributed by atoms with Crippen LogP contribution in [-0.2, 0) is 22.8 Å². The smallest absolute Gasteiger partial charge is 0.254 e. The maximum atomic E-state index is 15.1. The monoisotopic (exact) mass is 571 g/mol. The highest BCUT2D eigenvalue weighted by Crippen LogP contribution is 2.32. The van der Waals surface area contributed by atoms with E-state index in [0.29, 0.717) is 29.3 Å². The predicted molar refractivity (Wildman–Crippen MR) is 152 cm³/mol. The van der Waals surface area contributed by atoms with Crippen molar-refractivity contribution in [2.45, 2.75) is 24.8 Å². The average molecular weight is 572 g/mol. The highest BCUT2D eigenvalue weighted by molar-refractivity contribution is 7.90. The Bertz CT molecular complexity index is 1870. The molecule has 0 bridgehead atoms. The number of aromatic amines is 1. The second-order valence-corrected chi connectivity index (χ2v) is 11.8. The van der Waals surface area contributed by atoms with Crippen molar-refractivity contribution >= 4 is 26.9 Å². The minimum absolute atomic E-state index is 0.0913. The van der Waals surface area contributed by atoms with Gasteiger partial charge < -0.3 is 14.6 Å². The lowest BCUT2D eigenvalue weighted by atomic mass is 10.00. The Morgan fingerprint density at radius 3 is 2.56 bits per heavy atom. The summed E-state index contributed by atoms with van der Waals surface area (Å²) in [7, 11) is -3.77. The number of amides is 1. The zero-order valence-corrected chi connectivity index (χ0v) is 23.2. The van der Waals surface area contributed by atoms with Gasteiger partial charge >= 0.3 is 0 Å². The van der Waals surface area contributed by atoms with Gasteiger partial charge in [0.1, 0.15) is 40.7 Å². The van der Waals surface area contributed by atoms with Crippen molar-refractivity contribution in [3.05, 3.63) is 89.6 Å². The number of carbonyl (C=O) groups is 1. The summed E-state index contributed by atoms with van der Waals surface area (Å²) in [4.78, 5) is 30.7. The van der Waals surface area contributed by atoms with Gasteiger partial charge in [0, 0.05) is 35.1 Å². The number of nitrogens with one attached hydrogen (secondary N) is 1. The van der Waals surface area contributed by atoms with Crippen LogP contribution in [0.4, 0.5) is 4.39 Å². The van der Waals surface area contributed by atoms with E-state index in [1.165, 1.54) is 18.5 Å². The number of hydrogen-bond donors (Lipinski definition) is 1. The molecule has 0 aliphatic carbocycles. The fraction of sp³-hybridized carbons (Fsp3) is 0.200. The second-order valence-electron chi connectivity index (χ2n) is 9.85. The first-order valence-corrected chi connectivity index (χ1v) is 14.9. The molecule has 11 heteroatoms. The number of nitrogens with zero attached hydrogens (tertiary/aromatic N) is 4. The third kappa shape index (κ3) is 5.04. The summed E-state index contributed by atoms with van der Waals surface area (Å²) in [6.07, 6.45) is 4.26. The highest BCUT2D eigenvalue weighted by Gasteiger charge is 2.27. The molecule has 2 aromatic heterocycles. The van der Waals surface area contributed by atoms with E-state index >= 15 is 4.39 Å². The molecule has 0 saturated carbocycles. The minimum Gasteiger partial charge on any atom is -0.491 e. The van der Waals surface area contributed by atoms with Gasteiger partial charge in [0.25, 0.3) is 5.91 Å². The van der Waals surface area contributed by atoms with E-state index in [1.807, 2.05) is 42.5 Å². The molecular weight excluding hydrogens is 545 g/mol. The number of fused-ring (bicyclic) bond motifs is 2. The second kappa shape index (κ2) is 10.4. The molecule has 0 atom stereocenters. The Morgan fingerprint density at radius 1 is 1.07 bits per heavy atom. The largest absolute Gasteiger partial charge is 0.491 e. The van der Waals surface area contributed by atoms with Crippen molar-refractivity contribution in [3.63, 3.8) is 0 Å². The van der Waals surface area contributed by atoms with Gasteiger partial charge in [-0.1, -0.05) is 37.3 Å². The van der Waals surface area contributed by atoms with E-state index in [9.17, 15) is 13.2 Å². The topological polar surface area (TPSA) is 118 Å². The zero-order chi connectivity index (χ0) is 28.7. The van der Waals surface area contributed by atoms with E-state index in [2.05, 4.69) is 19.9 Å². The first-order chi connectivity index (χ1) is 19.7. The summed E-state index contributed by atoms with van der Waals surface area (Å²) in [5.41, 5.74) is 5.25. The van der Waals surface area contributed by atoms with Gasteiger partial charge in [-0.05, 0) is 41.8 Å². The Kier molecular flexibility index (Phi) is 6.74. The lowest BCUT2D eigenvalue weighted by molar-refractivity contribution is 0.0731. The lowest BCUT2D eigenvalue weighted by Gasteiger charge is -2.22. The molecule has 0 unspecified atom stereocenters. The Balaban J connectivity index is 1.27. The SMILES string of the molecule is CCc1c(C(=O)N2CCOc3ccc(-c4ccc(-c5nc6cncnc6[nH]5)cc4)cc3C2)ccc(S(C)(=O)=O)c1F. The van der Waals surface area contributed by atoms with Gasteiger partial charge in [-0.15, -0.1) is 0 Å². The number of ether oxygens (including phenoxy) is 1. The average Bonchev–Trinajstić information content (AvgIpc) is 3.29. The molecule has 0 spiro atoms. The number of halogens is 1. The van der Waals surface area contributed by atoms with Crippen LogP contribution in [0.5, 0.6) is 5.75 Å². The molecule has 3 aromatic carbocycles. The van der Waals surface area contributed by atoms with Crippen LogP contribution in [0.15, 0.2) is 72.0 Å². The Labute approximate surface area is 236 Å². The van der Waals surface area contributed by atoms with Gasteiger partial charge in [0.05, 0.1) is 12.7 Å². The molecule has 1 N–H and O–H groups in total. The summed E-state index contributed by atoms with van der Waals surface area (Å²) >= 11 is 0. The molecule has 41 heavy (non-hydrogen) atoms. The van der Waals surface area contributed by atoms with E-state index in [-0.39, 0.29) is 36.6 Å². The lowest BCUT2D eigenvalue weighted by Crippen LogP contribution is -2.33. The first-order valence-electron chi connectivity index (χ1n) is 13.1. The van der Waals surface area contributed by atoms with Crippen LogP contribution in [0.2, 0.25) is 0 Å². The number of sulfone groups is 1. The summed E-state index contributed by atoms with van der Waals surface area (Å²) in [5, 5.41) is 0. The van der Waals surface area contributed by atoms with Crippen LogP contribution < -0.4 is 4.74 Å². The maximum absolute atomic E-state index is 15.1.